The van der Waals surface area contributed by atoms with E-state index in [9.17, 15) is 0 Å². The smallest absolute Gasteiger partial charge is 0.0719 e. The molecule has 1 spiro atoms. The standard InChI is InChI=1S/C28H21Cl/c1-18-10-15-25-20(16-18)12-11-19-6-2-4-8-24(19)28(25)26-9-5-3-7-22(26)23-14-13-21(29)17-27(23)28/h2-10,13-17H,11-12H2,1H3. The summed E-state index contributed by atoms with van der Waals surface area (Å²) in [6, 6.07) is 31.3. The van der Waals surface area contributed by atoms with E-state index in [1.807, 2.05) is 6.07 Å². The molecule has 0 heterocycles. The van der Waals surface area contributed by atoms with E-state index in [0.29, 0.717) is 0 Å². The summed E-state index contributed by atoms with van der Waals surface area (Å²) in [6.45, 7) is 2.19. The number of hydrogen-bond donors (Lipinski definition) is 0. The topological polar surface area (TPSA) is 0 Å². The maximum Gasteiger partial charge on any atom is 0.0719 e. The van der Waals surface area contributed by atoms with Crippen molar-refractivity contribution in [3.8, 4) is 11.1 Å². The van der Waals surface area contributed by atoms with Crippen molar-refractivity contribution in [2.75, 3.05) is 0 Å². The van der Waals surface area contributed by atoms with Crippen LogP contribution < -0.4 is 0 Å². The third-order valence-corrected chi connectivity index (χ3v) is 6.99. The lowest BCUT2D eigenvalue weighted by Crippen LogP contribution is -2.30. The van der Waals surface area contributed by atoms with E-state index < -0.39 is 0 Å². The van der Waals surface area contributed by atoms with Gasteiger partial charge in [-0.3, -0.25) is 0 Å². The van der Waals surface area contributed by atoms with Crippen LogP contribution in [0.1, 0.15) is 38.9 Å². The summed E-state index contributed by atoms with van der Waals surface area (Å²) >= 11 is 6.59. The average Bonchev–Trinajstić information content (AvgIpc) is 2.93. The molecule has 0 bridgehead atoms. The number of hydrogen-bond acceptors (Lipinski definition) is 0. The van der Waals surface area contributed by atoms with Crippen molar-refractivity contribution in [1.29, 1.82) is 0 Å². The van der Waals surface area contributed by atoms with Crippen LogP contribution in [0.2, 0.25) is 5.02 Å². The highest BCUT2D eigenvalue weighted by atomic mass is 35.5. The molecule has 1 heteroatoms. The predicted octanol–water partition coefficient (Wildman–Crippen LogP) is 7.11. The van der Waals surface area contributed by atoms with Gasteiger partial charge in [-0.15, -0.1) is 0 Å². The molecule has 0 radical (unpaired) electrons. The number of rotatable bonds is 0. The van der Waals surface area contributed by atoms with E-state index in [0.717, 1.165) is 17.9 Å². The number of fused-ring (bicyclic) bond motifs is 9. The molecule has 4 aromatic rings. The molecule has 0 fully saturated rings. The molecule has 0 amide bonds. The Bertz CT molecular complexity index is 1280. The summed E-state index contributed by atoms with van der Waals surface area (Å²) in [5.41, 5.74) is 12.0. The quantitative estimate of drug-likeness (QED) is 0.263. The summed E-state index contributed by atoms with van der Waals surface area (Å²) in [5.74, 6) is 0. The molecule has 1 unspecified atom stereocenters. The van der Waals surface area contributed by atoms with Gasteiger partial charge < -0.3 is 0 Å². The van der Waals surface area contributed by atoms with Crippen LogP contribution in [0.3, 0.4) is 0 Å². The minimum atomic E-state index is -0.313. The Labute approximate surface area is 176 Å². The molecule has 2 aliphatic rings. The summed E-state index contributed by atoms with van der Waals surface area (Å²) in [4.78, 5) is 0. The van der Waals surface area contributed by atoms with Crippen LogP contribution in [-0.2, 0) is 18.3 Å². The van der Waals surface area contributed by atoms with Gasteiger partial charge in [0.25, 0.3) is 0 Å². The number of halogens is 1. The largest absolute Gasteiger partial charge is 0.0843 e. The molecule has 4 aromatic carbocycles. The first-order valence-corrected chi connectivity index (χ1v) is 10.7. The lowest BCUT2D eigenvalue weighted by atomic mass is 9.66. The Morgan fingerprint density at radius 2 is 1.31 bits per heavy atom. The van der Waals surface area contributed by atoms with Crippen LogP contribution >= 0.6 is 11.6 Å². The molecule has 0 saturated heterocycles. The molecule has 6 rings (SSSR count). The maximum absolute atomic E-state index is 6.59. The molecule has 0 saturated carbocycles. The van der Waals surface area contributed by atoms with Crippen LogP contribution in [-0.4, -0.2) is 0 Å². The van der Waals surface area contributed by atoms with Crippen LogP contribution in [0.25, 0.3) is 11.1 Å². The first-order chi connectivity index (χ1) is 14.2. The zero-order valence-corrected chi connectivity index (χ0v) is 17.1. The maximum atomic E-state index is 6.59. The summed E-state index contributed by atoms with van der Waals surface area (Å²) in [5, 5.41) is 0.798. The molecule has 0 aromatic heterocycles. The van der Waals surface area contributed by atoms with E-state index in [1.165, 1.54) is 50.1 Å². The lowest BCUT2D eigenvalue weighted by molar-refractivity contribution is 0.761. The molecule has 2 aliphatic carbocycles. The Kier molecular flexibility index (Phi) is 3.58. The highest BCUT2D eigenvalue weighted by Crippen LogP contribution is 2.58. The van der Waals surface area contributed by atoms with Crippen molar-refractivity contribution in [1.82, 2.24) is 0 Å². The van der Waals surface area contributed by atoms with E-state index in [-0.39, 0.29) is 5.41 Å². The second-order valence-corrected chi connectivity index (χ2v) is 8.74. The van der Waals surface area contributed by atoms with Crippen molar-refractivity contribution >= 4 is 11.6 Å². The molecule has 0 N–H and O–H groups in total. The third-order valence-electron chi connectivity index (χ3n) is 6.76. The minimum absolute atomic E-state index is 0.313. The summed E-state index contributed by atoms with van der Waals surface area (Å²) < 4.78 is 0. The summed E-state index contributed by atoms with van der Waals surface area (Å²) in [7, 11) is 0. The highest BCUT2D eigenvalue weighted by Gasteiger charge is 2.48. The Hall–Kier alpha value is -2.83. The Balaban J connectivity index is 1.86. The van der Waals surface area contributed by atoms with Gasteiger partial charge in [0, 0.05) is 5.02 Å². The second kappa shape index (κ2) is 6.08. The molecule has 1 atom stereocenters. The van der Waals surface area contributed by atoms with Crippen molar-refractivity contribution in [3.63, 3.8) is 0 Å². The van der Waals surface area contributed by atoms with Gasteiger partial charge in [0.05, 0.1) is 5.41 Å². The van der Waals surface area contributed by atoms with E-state index >= 15 is 0 Å². The highest BCUT2D eigenvalue weighted by molar-refractivity contribution is 6.30. The Morgan fingerprint density at radius 3 is 2.21 bits per heavy atom. The molecule has 0 aliphatic heterocycles. The van der Waals surface area contributed by atoms with Gasteiger partial charge in [0.1, 0.15) is 0 Å². The summed E-state index contributed by atoms with van der Waals surface area (Å²) in [6.07, 6.45) is 2.13. The number of benzene rings is 4. The molecular weight excluding hydrogens is 372 g/mol. The first-order valence-electron chi connectivity index (χ1n) is 10.3. The zero-order valence-electron chi connectivity index (χ0n) is 16.4. The van der Waals surface area contributed by atoms with Gasteiger partial charge in [-0.1, -0.05) is 90.0 Å². The predicted molar refractivity (Wildman–Crippen MR) is 121 cm³/mol. The van der Waals surface area contributed by atoms with Crippen molar-refractivity contribution in [2.24, 2.45) is 0 Å². The van der Waals surface area contributed by atoms with Crippen LogP contribution in [0.4, 0.5) is 0 Å². The van der Waals surface area contributed by atoms with Crippen molar-refractivity contribution in [3.05, 3.63) is 129 Å². The zero-order chi connectivity index (χ0) is 19.6. The van der Waals surface area contributed by atoms with Crippen molar-refractivity contribution in [2.45, 2.75) is 25.2 Å². The first kappa shape index (κ1) is 17.1. The van der Waals surface area contributed by atoms with Gasteiger partial charge in [0.2, 0.25) is 0 Å². The molecular formula is C28H21Cl. The lowest BCUT2D eigenvalue weighted by Gasteiger charge is -2.35. The van der Waals surface area contributed by atoms with Gasteiger partial charge in [0.15, 0.2) is 0 Å². The van der Waals surface area contributed by atoms with Gasteiger partial charge in [-0.05, 0) is 76.4 Å². The van der Waals surface area contributed by atoms with Gasteiger partial charge >= 0.3 is 0 Å². The van der Waals surface area contributed by atoms with Crippen LogP contribution in [0.5, 0.6) is 0 Å². The Morgan fingerprint density at radius 1 is 0.621 bits per heavy atom. The normalized spacial score (nSPS) is 18.6. The van der Waals surface area contributed by atoms with Gasteiger partial charge in [-0.2, -0.15) is 0 Å². The monoisotopic (exact) mass is 392 g/mol. The molecule has 29 heavy (non-hydrogen) atoms. The molecule has 140 valence electrons. The van der Waals surface area contributed by atoms with Crippen molar-refractivity contribution < 1.29 is 0 Å². The fourth-order valence-electron chi connectivity index (χ4n) is 5.65. The fraction of sp³-hybridized carbons (Fsp3) is 0.143. The van der Waals surface area contributed by atoms with E-state index in [2.05, 4.69) is 85.8 Å². The van der Waals surface area contributed by atoms with Crippen LogP contribution in [0.15, 0.2) is 84.9 Å². The SMILES string of the molecule is Cc1ccc2c(c1)CCc1ccccc1C21c2ccccc2-c2ccc(Cl)cc21. The molecule has 0 nitrogen and oxygen atoms in total. The fourth-order valence-corrected chi connectivity index (χ4v) is 5.82. The second-order valence-electron chi connectivity index (χ2n) is 8.30. The third kappa shape index (κ3) is 2.21. The van der Waals surface area contributed by atoms with E-state index in [1.54, 1.807) is 0 Å². The number of aryl methyl sites for hydroxylation is 3. The van der Waals surface area contributed by atoms with E-state index in [4.69, 9.17) is 11.6 Å². The van der Waals surface area contributed by atoms with Gasteiger partial charge in [-0.25, -0.2) is 0 Å². The van der Waals surface area contributed by atoms with Crippen LogP contribution in [0, 0.1) is 6.92 Å². The average molecular weight is 393 g/mol. The minimum Gasteiger partial charge on any atom is -0.0843 e.